The number of carbonyl (C=O) groups excluding carboxylic acids is 3. The lowest BCUT2D eigenvalue weighted by atomic mass is 9.92. The molecule has 4 atom stereocenters. The molecule has 0 aromatic heterocycles. The van der Waals surface area contributed by atoms with Crippen molar-refractivity contribution in [3.8, 4) is 0 Å². The first kappa shape index (κ1) is 28.3. The van der Waals surface area contributed by atoms with Crippen LogP contribution in [0.4, 0.5) is 0 Å². The fourth-order valence-electron chi connectivity index (χ4n) is 5.43. The number of nitrogens with zero attached hydrogens (tertiary/aromatic N) is 2. The zero-order chi connectivity index (χ0) is 27.9. The topological polar surface area (TPSA) is 81.8 Å². The molecule has 4 rings (SSSR count). The summed E-state index contributed by atoms with van der Waals surface area (Å²) in [5, 5.41) is 8.32. The second-order valence-corrected chi connectivity index (χ2v) is 10.7. The number of hydrogen-bond donors (Lipinski definition) is 2. The predicted octanol–water partition coefficient (Wildman–Crippen LogP) is 3.41. The number of rotatable bonds is 9. The van der Waals surface area contributed by atoms with Gasteiger partial charge in [0.05, 0.1) is 5.92 Å². The van der Waals surface area contributed by atoms with Crippen LogP contribution in [0.5, 0.6) is 0 Å². The molecule has 0 bridgehead atoms. The van der Waals surface area contributed by atoms with Crippen molar-refractivity contribution in [1.82, 2.24) is 20.4 Å². The highest BCUT2D eigenvalue weighted by Crippen LogP contribution is 2.22. The maximum absolute atomic E-state index is 14.2. The van der Waals surface area contributed by atoms with E-state index in [9.17, 15) is 14.4 Å². The van der Waals surface area contributed by atoms with E-state index in [1.54, 1.807) is 26.0 Å². The smallest absolute Gasteiger partial charge is 0.246 e. The Morgan fingerprint density at radius 2 is 1.51 bits per heavy atom. The van der Waals surface area contributed by atoms with Crippen LogP contribution in [0.25, 0.3) is 10.8 Å². The van der Waals surface area contributed by atoms with Crippen LogP contribution in [0.3, 0.4) is 0 Å². The minimum atomic E-state index is -0.744. The lowest BCUT2D eigenvalue weighted by Gasteiger charge is -2.37. The van der Waals surface area contributed by atoms with Crippen LogP contribution >= 0.6 is 0 Å². The summed E-state index contributed by atoms with van der Waals surface area (Å²) in [6, 6.07) is 22.9. The third-order valence-electron chi connectivity index (χ3n) is 7.99. The van der Waals surface area contributed by atoms with Gasteiger partial charge in [0, 0.05) is 46.6 Å². The zero-order valence-corrected chi connectivity index (χ0v) is 23.4. The maximum atomic E-state index is 14.2. The molecular formula is C32H40N4O3. The van der Waals surface area contributed by atoms with Crippen molar-refractivity contribution in [2.24, 2.45) is 5.92 Å². The van der Waals surface area contributed by atoms with E-state index in [1.165, 1.54) is 4.90 Å². The Morgan fingerprint density at radius 3 is 2.18 bits per heavy atom. The van der Waals surface area contributed by atoms with Gasteiger partial charge in [-0.1, -0.05) is 72.8 Å². The van der Waals surface area contributed by atoms with Crippen molar-refractivity contribution in [1.29, 1.82) is 0 Å². The molecule has 206 valence electrons. The summed E-state index contributed by atoms with van der Waals surface area (Å²) in [5.41, 5.74) is 1.93. The van der Waals surface area contributed by atoms with E-state index >= 15 is 0 Å². The van der Waals surface area contributed by atoms with Crippen LogP contribution in [-0.2, 0) is 27.2 Å². The van der Waals surface area contributed by atoms with Crippen LogP contribution in [0, 0.1) is 5.92 Å². The molecule has 1 aliphatic heterocycles. The Balaban J connectivity index is 1.63. The normalized spacial score (nSPS) is 18.7. The van der Waals surface area contributed by atoms with E-state index in [-0.39, 0.29) is 23.6 Å². The van der Waals surface area contributed by atoms with E-state index < -0.39 is 12.1 Å². The molecule has 1 fully saturated rings. The number of piperidine rings is 1. The molecule has 39 heavy (non-hydrogen) atoms. The predicted molar refractivity (Wildman–Crippen MR) is 155 cm³/mol. The molecule has 0 aliphatic carbocycles. The van der Waals surface area contributed by atoms with Crippen LogP contribution in [0.2, 0.25) is 0 Å². The van der Waals surface area contributed by atoms with Crippen LogP contribution in [-0.4, -0.2) is 73.3 Å². The molecular weight excluding hydrogens is 488 g/mol. The van der Waals surface area contributed by atoms with Crippen molar-refractivity contribution in [3.63, 3.8) is 0 Å². The van der Waals surface area contributed by atoms with E-state index in [4.69, 9.17) is 0 Å². The molecule has 3 aromatic carbocycles. The van der Waals surface area contributed by atoms with Crippen LogP contribution < -0.4 is 10.6 Å². The first-order chi connectivity index (χ1) is 18.8. The van der Waals surface area contributed by atoms with Gasteiger partial charge in [-0.15, -0.1) is 0 Å². The molecule has 1 heterocycles. The summed E-state index contributed by atoms with van der Waals surface area (Å²) in [5.74, 6) is -0.705. The summed E-state index contributed by atoms with van der Waals surface area (Å²) >= 11 is 0. The summed E-state index contributed by atoms with van der Waals surface area (Å²) in [7, 11) is 4.97. The van der Waals surface area contributed by atoms with E-state index in [0.29, 0.717) is 25.4 Å². The Kier molecular flexibility index (Phi) is 9.36. The summed E-state index contributed by atoms with van der Waals surface area (Å²) in [6.45, 7) is 2.73. The quantitative estimate of drug-likeness (QED) is 0.446. The first-order valence-electron chi connectivity index (χ1n) is 13.8. The van der Waals surface area contributed by atoms with Gasteiger partial charge in [0.25, 0.3) is 0 Å². The molecule has 7 heteroatoms. The van der Waals surface area contributed by atoms with E-state index in [1.807, 2.05) is 60.7 Å². The van der Waals surface area contributed by atoms with Gasteiger partial charge in [0.2, 0.25) is 17.7 Å². The Bertz CT molecular complexity index is 1290. The summed E-state index contributed by atoms with van der Waals surface area (Å²) in [4.78, 5) is 43.9. The summed E-state index contributed by atoms with van der Waals surface area (Å²) < 4.78 is 0. The Hall–Kier alpha value is -3.71. The average molecular weight is 529 g/mol. The SMILES string of the molecule is CNC(=O)[C@@H](Cc1ccccc1)N(C)C(=O)[C@@H](Cc1ccc2ccccc2c1)N(C)C(=O)C1CCC(C)NC1. The van der Waals surface area contributed by atoms with Gasteiger partial charge >= 0.3 is 0 Å². The number of carbonyl (C=O) groups is 3. The van der Waals surface area contributed by atoms with Crippen LogP contribution in [0.15, 0.2) is 72.8 Å². The van der Waals surface area contributed by atoms with E-state index in [2.05, 4.69) is 29.7 Å². The van der Waals surface area contributed by atoms with Crippen molar-refractivity contribution in [3.05, 3.63) is 83.9 Å². The molecule has 3 amide bonds. The largest absolute Gasteiger partial charge is 0.357 e. The molecule has 2 unspecified atom stereocenters. The van der Waals surface area contributed by atoms with Gasteiger partial charge in [0.1, 0.15) is 12.1 Å². The lowest BCUT2D eigenvalue weighted by molar-refractivity contribution is -0.149. The number of hydrogen-bond acceptors (Lipinski definition) is 4. The maximum Gasteiger partial charge on any atom is 0.246 e. The van der Waals surface area contributed by atoms with Gasteiger partial charge in [0.15, 0.2) is 0 Å². The molecule has 0 radical (unpaired) electrons. The third-order valence-corrected chi connectivity index (χ3v) is 7.99. The first-order valence-corrected chi connectivity index (χ1v) is 13.8. The number of amides is 3. The Morgan fingerprint density at radius 1 is 0.846 bits per heavy atom. The second kappa shape index (κ2) is 12.9. The van der Waals surface area contributed by atoms with Gasteiger partial charge < -0.3 is 20.4 Å². The Labute approximate surface area is 231 Å². The molecule has 2 N–H and O–H groups in total. The van der Waals surface area contributed by atoms with Gasteiger partial charge in [-0.05, 0) is 41.7 Å². The average Bonchev–Trinajstić information content (AvgIpc) is 2.97. The number of likely N-dealkylation sites (N-methyl/N-ethyl adjacent to an activating group) is 3. The molecule has 7 nitrogen and oxygen atoms in total. The minimum absolute atomic E-state index is 0.0403. The van der Waals surface area contributed by atoms with Crippen LogP contribution in [0.1, 0.15) is 30.9 Å². The highest BCUT2D eigenvalue weighted by molar-refractivity contribution is 5.93. The van der Waals surface area contributed by atoms with Crippen molar-refractivity contribution in [2.45, 2.75) is 50.7 Å². The number of benzene rings is 3. The molecule has 1 aliphatic rings. The monoisotopic (exact) mass is 528 g/mol. The lowest BCUT2D eigenvalue weighted by Crippen LogP contribution is -2.57. The van der Waals surface area contributed by atoms with Crippen molar-refractivity contribution < 1.29 is 14.4 Å². The minimum Gasteiger partial charge on any atom is -0.357 e. The van der Waals surface area contributed by atoms with E-state index in [0.717, 1.165) is 34.7 Å². The van der Waals surface area contributed by atoms with Crippen molar-refractivity contribution >= 4 is 28.5 Å². The van der Waals surface area contributed by atoms with Gasteiger partial charge in [-0.2, -0.15) is 0 Å². The second-order valence-electron chi connectivity index (χ2n) is 10.7. The molecule has 3 aromatic rings. The van der Waals surface area contributed by atoms with Gasteiger partial charge in [-0.25, -0.2) is 0 Å². The molecule has 0 saturated carbocycles. The highest BCUT2D eigenvalue weighted by Gasteiger charge is 2.37. The summed E-state index contributed by atoms with van der Waals surface area (Å²) in [6.07, 6.45) is 2.45. The fraction of sp³-hybridized carbons (Fsp3) is 0.406. The number of nitrogens with one attached hydrogen (secondary N) is 2. The molecule has 0 spiro atoms. The fourth-order valence-corrected chi connectivity index (χ4v) is 5.43. The van der Waals surface area contributed by atoms with Gasteiger partial charge in [-0.3, -0.25) is 14.4 Å². The highest BCUT2D eigenvalue weighted by atomic mass is 16.2. The number of fused-ring (bicyclic) bond motifs is 1. The zero-order valence-electron chi connectivity index (χ0n) is 23.4. The standard InChI is InChI=1S/C32H40N4O3/c1-22-14-16-27(21-34-22)31(38)36(4)29(20-24-15-17-25-12-8-9-13-26(25)18-24)32(39)35(3)28(30(37)33-2)19-23-10-6-5-7-11-23/h5-13,15,17-18,22,27-29,34H,14,16,19-21H2,1-4H3,(H,33,37)/t22?,27?,28-,29-/m1/s1. The molecule has 1 saturated heterocycles. The van der Waals surface area contributed by atoms with Crippen molar-refractivity contribution in [2.75, 3.05) is 27.7 Å². The third kappa shape index (κ3) is 6.84.